The number of rotatable bonds is 6. The first kappa shape index (κ1) is 18.3. The van der Waals surface area contributed by atoms with Crippen LogP contribution in [0.15, 0.2) is 33.9 Å². The van der Waals surface area contributed by atoms with Crippen LogP contribution in [0, 0.1) is 19.3 Å². The van der Waals surface area contributed by atoms with Crippen molar-refractivity contribution in [3.8, 4) is 12.3 Å². The van der Waals surface area contributed by atoms with Crippen molar-refractivity contribution >= 4 is 29.0 Å². The van der Waals surface area contributed by atoms with Crippen LogP contribution in [0.5, 0.6) is 0 Å². The van der Waals surface area contributed by atoms with Gasteiger partial charge in [-0.2, -0.15) is 0 Å². The maximum absolute atomic E-state index is 12.0. The highest BCUT2D eigenvalue weighted by atomic mass is 32.2. The number of piperazine rings is 1. The largest absolute Gasteiger partial charge is 0.416 e. The SMILES string of the molecule is C#CCN1CCN(c2ccc(NC(=O)CSc3nnc(C)o3)cc2)CC1. The average molecular weight is 371 g/mol. The second-order valence-corrected chi connectivity index (χ2v) is 6.86. The standard InChI is InChI=1S/C18H21N5O2S/c1-3-8-22-9-11-23(12-10-22)16-6-4-15(5-7-16)19-17(24)13-26-18-21-20-14(2)25-18/h1,4-7H,8-13H2,2H3,(H,19,24). The second kappa shape index (κ2) is 8.74. The van der Waals surface area contributed by atoms with Gasteiger partial charge in [0, 0.05) is 44.5 Å². The zero-order valence-corrected chi connectivity index (χ0v) is 15.5. The third-order valence-electron chi connectivity index (χ3n) is 4.04. The molecule has 0 spiro atoms. The summed E-state index contributed by atoms with van der Waals surface area (Å²) in [6.45, 7) is 6.26. The van der Waals surface area contributed by atoms with Gasteiger partial charge in [-0.1, -0.05) is 17.7 Å². The minimum Gasteiger partial charge on any atom is -0.416 e. The molecule has 1 aromatic heterocycles. The van der Waals surface area contributed by atoms with Crippen molar-refractivity contribution in [3.63, 3.8) is 0 Å². The highest BCUT2D eigenvalue weighted by Crippen LogP contribution is 2.20. The summed E-state index contributed by atoms with van der Waals surface area (Å²) in [5.41, 5.74) is 1.92. The fraction of sp³-hybridized carbons (Fsp3) is 0.389. The maximum Gasteiger partial charge on any atom is 0.277 e. The summed E-state index contributed by atoms with van der Waals surface area (Å²) in [7, 11) is 0. The van der Waals surface area contributed by atoms with E-state index in [2.05, 4.69) is 31.2 Å². The number of carbonyl (C=O) groups is 1. The fourth-order valence-electron chi connectivity index (χ4n) is 2.71. The van der Waals surface area contributed by atoms with E-state index in [0.717, 1.165) is 37.6 Å². The first-order chi connectivity index (χ1) is 12.6. The molecule has 0 atom stereocenters. The van der Waals surface area contributed by atoms with Crippen molar-refractivity contribution in [1.29, 1.82) is 0 Å². The number of hydrogen-bond acceptors (Lipinski definition) is 7. The Balaban J connectivity index is 1.47. The van der Waals surface area contributed by atoms with E-state index >= 15 is 0 Å². The van der Waals surface area contributed by atoms with Crippen molar-refractivity contribution in [2.75, 3.05) is 48.7 Å². The number of amides is 1. The molecule has 8 heteroatoms. The van der Waals surface area contributed by atoms with E-state index in [1.165, 1.54) is 11.8 Å². The van der Waals surface area contributed by atoms with Crippen molar-refractivity contribution in [3.05, 3.63) is 30.2 Å². The highest BCUT2D eigenvalue weighted by Gasteiger charge is 2.16. The molecule has 1 fully saturated rings. The summed E-state index contributed by atoms with van der Waals surface area (Å²) < 4.78 is 5.23. The second-order valence-electron chi connectivity index (χ2n) is 5.94. The number of terminal acetylenes is 1. The van der Waals surface area contributed by atoms with Crippen LogP contribution < -0.4 is 10.2 Å². The summed E-state index contributed by atoms with van der Waals surface area (Å²) >= 11 is 1.22. The van der Waals surface area contributed by atoms with Crippen LogP contribution in [0.1, 0.15) is 5.89 Å². The highest BCUT2D eigenvalue weighted by molar-refractivity contribution is 7.99. The molecule has 0 radical (unpaired) electrons. The zero-order valence-electron chi connectivity index (χ0n) is 14.6. The number of aryl methyl sites for hydroxylation is 1. The summed E-state index contributed by atoms with van der Waals surface area (Å²) in [4.78, 5) is 16.6. The van der Waals surface area contributed by atoms with Crippen LogP contribution in [0.4, 0.5) is 11.4 Å². The Morgan fingerprint density at radius 3 is 2.62 bits per heavy atom. The molecule has 1 N–H and O–H groups in total. The molecule has 1 aromatic carbocycles. The molecular formula is C18H21N5O2S. The lowest BCUT2D eigenvalue weighted by Gasteiger charge is -2.35. The van der Waals surface area contributed by atoms with Gasteiger partial charge in [0.1, 0.15) is 0 Å². The molecule has 1 aliphatic rings. The van der Waals surface area contributed by atoms with Gasteiger partial charge in [0.15, 0.2) is 0 Å². The number of benzene rings is 1. The Morgan fingerprint density at radius 2 is 2.00 bits per heavy atom. The number of carbonyl (C=O) groups excluding carboxylic acids is 1. The summed E-state index contributed by atoms with van der Waals surface area (Å²) in [5.74, 6) is 3.29. The van der Waals surface area contributed by atoms with Crippen LogP contribution in [0.3, 0.4) is 0 Å². The van der Waals surface area contributed by atoms with Crippen molar-refractivity contribution in [1.82, 2.24) is 15.1 Å². The van der Waals surface area contributed by atoms with E-state index in [0.29, 0.717) is 17.7 Å². The molecule has 0 unspecified atom stereocenters. The zero-order chi connectivity index (χ0) is 18.4. The van der Waals surface area contributed by atoms with E-state index in [1.807, 2.05) is 24.3 Å². The van der Waals surface area contributed by atoms with Gasteiger partial charge < -0.3 is 14.6 Å². The van der Waals surface area contributed by atoms with E-state index in [4.69, 9.17) is 10.8 Å². The Hall–Kier alpha value is -2.50. The van der Waals surface area contributed by atoms with Gasteiger partial charge >= 0.3 is 0 Å². The number of thioether (sulfide) groups is 1. The normalized spacial score (nSPS) is 14.8. The topological polar surface area (TPSA) is 74.5 Å². The number of hydrogen-bond donors (Lipinski definition) is 1. The van der Waals surface area contributed by atoms with Gasteiger partial charge in [-0.25, -0.2) is 0 Å². The predicted octanol–water partition coefficient (Wildman–Crippen LogP) is 1.86. The Labute approximate surface area is 157 Å². The molecule has 1 saturated heterocycles. The van der Waals surface area contributed by atoms with Gasteiger partial charge in [-0.3, -0.25) is 9.69 Å². The lowest BCUT2D eigenvalue weighted by molar-refractivity contribution is -0.113. The molecule has 136 valence electrons. The molecule has 0 saturated carbocycles. The molecule has 7 nitrogen and oxygen atoms in total. The summed E-state index contributed by atoms with van der Waals surface area (Å²) in [6.07, 6.45) is 5.36. The minimum absolute atomic E-state index is 0.110. The van der Waals surface area contributed by atoms with E-state index in [9.17, 15) is 4.79 Å². The van der Waals surface area contributed by atoms with Crippen molar-refractivity contribution in [2.45, 2.75) is 12.1 Å². The van der Waals surface area contributed by atoms with Crippen LogP contribution in [-0.2, 0) is 4.79 Å². The van der Waals surface area contributed by atoms with E-state index in [-0.39, 0.29) is 11.7 Å². The van der Waals surface area contributed by atoms with Gasteiger partial charge in [-0.05, 0) is 24.3 Å². The van der Waals surface area contributed by atoms with Crippen LogP contribution in [0.2, 0.25) is 0 Å². The number of nitrogens with one attached hydrogen (secondary N) is 1. The smallest absolute Gasteiger partial charge is 0.277 e. The lowest BCUT2D eigenvalue weighted by Crippen LogP contribution is -2.46. The molecular weight excluding hydrogens is 350 g/mol. The number of anilines is 2. The molecule has 0 bridgehead atoms. The Kier molecular flexibility index (Phi) is 6.15. The first-order valence-electron chi connectivity index (χ1n) is 8.37. The quantitative estimate of drug-likeness (QED) is 0.614. The van der Waals surface area contributed by atoms with Gasteiger partial charge in [0.25, 0.3) is 5.22 Å². The van der Waals surface area contributed by atoms with Crippen LogP contribution in [0.25, 0.3) is 0 Å². The molecule has 26 heavy (non-hydrogen) atoms. The first-order valence-corrected chi connectivity index (χ1v) is 9.36. The van der Waals surface area contributed by atoms with Gasteiger partial charge in [-0.15, -0.1) is 16.6 Å². The third kappa shape index (κ3) is 5.00. The minimum atomic E-state index is -0.110. The Morgan fingerprint density at radius 1 is 1.27 bits per heavy atom. The monoisotopic (exact) mass is 371 g/mol. The fourth-order valence-corrected chi connectivity index (χ4v) is 3.31. The summed E-state index contributed by atoms with van der Waals surface area (Å²) in [5, 5.41) is 10.9. The Bertz CT molecular complexity index is 776. The molecule has 0 aliphatic carbocycles. The van der Waals surface area contributed by atoms with Crippen molar-refractivity contribution < 1.29 is 9.21 Å². The van der Waals surface area contributed by atoms with Crippen LogP contribution in [-0.4, -0.2) is 59.5 Å². The molecule has 2 aromatic rings. The molecule has 1 amide bonds. The predicted molar refractivity (Wildman–Crippen MR) is 102 cm³/mol. The van der Waals surface area contributed by atoms with Gasteiger partial charge in [0.2, 0.25) is 11.8 Å². The van der Waals surface area contributed by atoms with Gasteiger partial charge in [0.05, 0.1) is 12.3 Å². The number of aromatic nitrogens is 2. The van der Waals surface area contributed by atoms with Crippen molar-refractivity contribution in [2.24, 2.45) is 0 Å². The van der Waals surface area contributed by atoms with E-state index in [1.54, 1.807) is 6.92 Å². The maximum atomic E-state index is 12.0. The molecule has 1 aliphatic heterocycles. The number of nitrogens with zero attached hydrogens (tertiary/aromatic N) is 4. The molecule has 3 rings (SSSR count). The van der Waals surface area contributed by atoms with E-state index < -0.39 is 0 Å². The molecule has 2 heterocycles. The average Bonchev–Trinajstić information content (AvgIpc) is 3.07. The summed E-state index contributed by atoms with van der Waals surface area (Å²) in [6, 6.07) is 7.90. The van der Waals surface area contributed by atoms with Crippen LogP contribution >= 0.6 is 11.8 Å². The lowest BCUT2D eigenvalue weighted by atomic mass is 10.2. The third-order valence-corrected chi connectivity index (χ3v) is 4.86.